The summed E-state index contributed by atoms with van der Waals surface area (Å²) in [6.45, 7) is 5.15. The fourth-order valence-corrected chi connectivity index (χ4v) is 1.27. The second-order valence-electron chi connectivity index (χ2n) is 4.11. The molecule has 4 heteroatoms. The van der Waals surface area contributed by atoms with Crippen LogP contribution in [-0.4, -0.2) is 35.4 Å². The predicted molar refractivity (Wildman–Crippen MR) is 59.8 cm³/mol. The summed E-state index contributed by atoms with van der Waals surface area (Å²) in [6.07, 6.45) is 2.96. The van der Waals surface area contributed by atoms with Crippen LogP contribution in [0.15, 0.2) is 0 Å². The van der Waals surface area contributed by atoms with Crippen LogP contribution in [0.2, 0.25) is 0 Å². The molecule has 0 heterocycles. The first-order valence-corrected chi connectivity index (χ1v) is 5.64. The Kier molecular flexibility index (Phi) is 8.33. The van der Waals surface area contributed by atoms with E-state index < -0.39 is 5.97 Å². The zero-order valence-electron chi connectivity index (χ0n) is 9.70. The highest BCUT2D eigenvalue weighted by atomic mass is 16.4. The molecule has 4 nitrogen and oxygen atoms in total. The number of aliphatic carboxylic acids is 1. The summed E-state index contributed by atoms with van der Waals surface area (Å²) < 4.78 is 0. The molecule has 0 aliphatic carbocycles. The lowest BCUT2D eigenvalue weighted by molar-refractivity contribution is -0.137. The van der Waals surface area contributed by atoms with Gasteiger partial charge < -0.3 is 15.5 Å². The molecule has 15 heavy (non-hydrogen) atoms. The molecular weight excluding hydrogens is 194 g/mol. The highest BCUT2D eigenvalue weighted by Crippen LogP contribution is 2.02. The van der Waals surface area contributed by atoms with Crippen molar-refractivity contribution in [3.63, 3.8) is 0 Å². The lowest BCUT2D eigenvalue weighted by atomic mass is 10.1. The molecule has 0 aromatic carbocycles. The summed E-state index contributed by atoms with van der Waals surface area (Å²) in [6, 6.07) is 0.314. The fraction of sp³-hybridized carbons (Fsp3) is 0.909. The molecule has 0 aromatic heterocycles. The van der Waals surface area contributed by atoms with E-state index in [4.69, 9.17) is 10.2 Å². The Morgan fingerprint density at radius 1 is 1.27 bits per heavy atom. The maximum absolute atomic E-state index is 10.2. The summed E-state index contributed by atoms with van der Waals surface area (Å²) in [5.74, 6) is -0.450. The number of unbranched alkanes of at least 4 members (excludes halogenated alkanes) is 2. The maximum Gasteiger partial charge on any atom is 0.303 e. The molecule has 0 saturated heterocycles. The van der Waals surface area contributed by atoms with Crippen molar-refractivity contribution in [2.45, 2.75) is 45.6 Å². The monoisotopic (exact) mass is 217 g/mol. The van der Waals surface area contributed by atoms with Gasteiger partial charge in [0.15, 0.2) is 0 Å². The number of carbonyl (C=O) groups is 1. The van der Waals surface area contributed by atoms with Gasteiger partial charge in [-0.2, -0.15) is 0 Å². The molecule has 0 aliphatic heterocycles. The van der Waals surface area contributed by atoms with Gasteiger partial charge in [0.25, 0.3) is 0 Å². The summed E-state index contributed by atoms with van der Waals surface area (Å²) >= 11 is 0. The maximum atomic E-state index is 10.2. The topological polar surface area (TPSA) is 69.6 Å². The Bertz CT molecular complexity index is 173. The van der Waals surface area contributed by atoms with Gasteiger partial charge in [-0.05, 0) is 32.2 Å². The summed E-state index contributed by atoms with van der Waals surface area (Å²) in [5.41, 5.74) is 0. The van der Waals surface area contributed by atoms with Crippen molar-refractivity contribution in [1.82, 2.24) is 5.32 Å². The van der Waals surface area contributed by atoms with Gasteiger partial charge in [-0.3, -0.25) is 4.79 Å². The molecule has 0 aromatic rings. The SMILES string of the molecule is CC(CO)C(C)NCCCCCC(=O)O. The summed E-state index contributed by atoms with van der Waals surface area (Å²) in [4.78, 5) is 10.2. The third kappa shape index (κ3) is 8.39. The molecule has 90 valence electrons. The van der Waals surface area contributed by atoms with E-state index in [1.54, 1.807) is 0 Å². The van der Waals surface area contributed by atoms with E-state index in [1.165, 1.54) is 0 Å². The van der Waals surface area contributed by atoms with E-state index in [0.29, 0.717) is 6.04 Å². The van der Waals surface area contributed by atoms with Crippen molar-refractivity contribution in [2.75, 3.05) is 13.2 Å². The van der Waals surface area contributed by atoms with Gasteiger partial charge in [0.1, 0.15) is 0 Å². The van der Waals surface area contributed by atoms with E-state index in [-0.39, 0.29) is 18.9 Å². The average molecular weight is 217 g/mol. The van der Waals surface area contributed by atoms with Gasteiger partial charge in [0.05, 0.1) is 0 Å². The quantitative estimate of drug-likeness (QED) is 0.508. The van der Waals surface area contributed by atoms with Crippen molar-refractivity contribution in [2.24, 2.45) is 5.92 Å². The van der Waals surface area contributed by atoms with Gasteiger partial charge in [0, 0.05) is 19.1 Å². The van der Waals surface area contributed by atoms with Crippen molar-refractivity contribution in [3.8, 4) is 0 Å². The molecular formula is C11H23NO3. The molecule has 0 bridgehead atoms. The van der Waals surface area contributed by atoms with Crippen LogP contribution in [0.25, 0.3) is 0 Å². The minimum Gasteiger partial charge on any atom is -0.481 e. The van der Waals surface area contributed by atoms with Gasteiger partial charge >= 0.3 is 5.97 Å². The zero-order valence-corrected chi connectivity index (χ0v) is 9.70. The van der Waals surface area contributed by atoms with Crippen LogP contribution in [-0.2, 0) is 4.79 Å². The number of aliphatic hydroxyl groups is 1. The lowest BCUT2D eigenvalue weighted by Crippen LogP contribution is -2.34. The summed E-state index contributed by atoms with van der Waals surface area (Å²) in [5, 5.41) is 20.6. The van der Waals surface area contributed by atoms with Crippen molar-refractivity contribution >= 4 is 5.97 Å². The molecule has 0 saturated carbocycles. The first-order valence-electron chi connectivity index (χ1n) is 5.64. The second kappa shape index (κ2) is 8.68. The predicted octanol–water partition coefficient (Wildman–Crippen LogP) is 1.24. The molecule has 0 radical (unpaired) electrons. The Labute approximate surface area is 91.7 Å². The Hall–Kier alpha value is -0.610. The van der Waals surface area contributed by atoms with Gasteiger partial charge in [-0.25, -0.2) is 0 Å². The number of carboxylic acid groups (broad SMARTS) is 1. The third-order valence-corrected chi connectivity index (χ3v) is 2.68. The first-order chi connectivity index (χ1) is 7.07. The number of aliphatic hydroxyl groups excluding tert-OH is 1. The number of rotatable bonds is 9. The van der Waals surface area contributed by atoms with Crippen LogP contribution in [0.5, 0.6) is 0 Å². The minimum absolute atomic E-state index is 0.202. The molecule has 2 unspecified atom stereocenters. The van der Waals surface area contributed by atoms with Crippen LogP contribution < -0.4 is 5.32 Å². The van der Waals surface area contributed by atoms with Crippen molar-refractivity contribution in [1.29, 1.82) is 0 Å². The summed E-state index contributed by atoms with van der Waals surface area (Å²) in [7, 11) is 0. The van der Waals surface area contributed by atoms with E-state index in [0.717, 1.165) is 25.8 Å². The number of hydrogen-bond acceptors (Lipinski definition) is 3. The van der Waals surface area contributed by atoms with Gasteiger partial charge in [0.2, 0.25) is 0 Å². The van der Waals surface area contributed by atoms with Crippen LogP contribution in [0.3, 0.4) is 0 Å². The fourth-order valence-electron chi connectivity index (χ4n) is 1.27. The molecule has 0 spiro atoms. The van der Waals surface area contributed by atoms with Crippen LogP contribution >= 0.6 is 0 Å². The van der Waals surface area contributed by atoms with Crippen LogP contribution in [0.4, 0.5) is 0 Å². The minimum atomic E-state index is -0.717. The van der Waals surface area contributed by atoms with E-state index in [2.05, 4.69) is 12.2 Å². The third-order valence-electron chi connectivity index (χ3n) is 2.68. The van der Waals surface area contributed by atoms with E-state index >= 15 is 0 Å². The van der Waals surface area contributed by atoms with Crippen LogP contribution in [0.1, 0.15) is 39.5 Å². The normalized spacial score (nSPS) is 14.9. The molecule has 0 fully saturated rings. The highest BCUT2D eigenvalue weighted by molar-refractivity contribution is 5.66. The van der Waals surface area contributed by atoms with E-state index in [9.17, 15) is 4.79 Å². The van der Waals surface area contributed by atoms with Crippen LogP contribution in [0, 0.1) is 5.92 Å². The first kappa shape index (κ1) is 14.4. The van der Waals surface area contributed by atoms with Gasteiger partial charge in [-0.1, -0.05) is 13.3 Å². The van der Waals surface area contributed by atoms with Crippen molar-refractivity contribution in [3.05, 3.63) is 0 Å². The molecule has 0 rings (SSSR count). The molecule has 3 N–H and O–H groups in total. The number of nitrogens with one attached hydrogen (secondary N) is 1. The largest absolute Gasteiger partial charge is 0.481 e. The Morgan fingerprint density at radius 3 is 2.47 bits per heavy atom. The smallest absolute Gasteiger partial charge is 0.303 e. The Balaban J connectivity index is 3.27. The van der Waals surface area contributed by atoms with E-state index in [1.807, 2.05) is 6.92 Å². The standard InChI is InChI=1S/C11H23NO3/c1-9(8-13)10(2)12-7-5-3-4-6-11(14)15/h9-10,12-13H,3-8H2,1-2H3,(H,14,15). The molecule has 0 aliphatic rings. The average Bonchev–Trinajstić information content (AvgIpc) is 2.21. The molecule has 2 atom stereocenters. The van der Waals surface area contributed by atoms with Crippen molar-refractivity contribution < 1.29 is 15.0 Å². The lowest BCUT2D eigenvalue weighted by Gasteiger charge is -2.19. The Morgan fingerprint density at radius 2 is 1.93 bits per heavy atom. The molecule has 0 amide bonds. The highest BCUT2D eigenvalue weighted by Gasteiger charge is 2.09. The second-order valence-corrected chi connectivity index (χ2v) is 4.11. The number of carboxylic acids is 1. The zero-order chi connectivity index (χ0) is 11.7. The number of hydrogen-bond donors (Lipinski definition) is 3. The van der Waals surface area contributed by atoms with Gasteiger partial charge in [-0.15, -0.1) is 0 Å².